The van der Waals surface area contributed by atoms with Crippen LogP contribution in [0.5, 0.6) is 5.75 Å². The van der Waals surface area contributed by atoms with E-state index in [9.17, 15) is 18.0 Å². The summed E-state index contributed by atoms with van der Waals surface area (Å²) in [6, 6.07) is 7.51. The predicted octanol–water partition coefficient (Wildman–Crippen LogP) is 2.81. The molecule has 128 valence electrons. The molecule has 1 aromatic carbocycles. The molecule has 0 saturated carbocycles. The van der Waals surface area contributed by atoms with Crippen LogP contribution in [0.3, 0.4) is 0 Å². The van der Waals surface area contributed by atoms with Gasteiger partial charge in [-0.1, -0.05) is 12.1 Å². The van der Waals surface area contributed by atoms with Crippen molar-refractivity contribution in [2.75, 3.05) is 26.8 Å². The van der Waals surface area contributed by atoms with Gasteiger partial charge in [0.25, 0.3) is 0 Å². The summed E-state index contributed by atoms with van der Waals surface area (Å²) in [5.41, 5.74) is 0.999. The molecule has 1 aromatic rings. The minimum absolute atomic E-state index is 0.217. The number of alkyl halides is 3. The van der Waals surface area contributed by atoms with Gasteiger partial charge in [0.1, 0.15) is 5.75 Å². The van der Waals surface area contributed by atoms with Gasteiger partial charge in [0.15, 0.2) is 0 Å². The molecule has 1 atom stereocenters. The Labute approximate surface area is 133 Å². The Hall–Kier alpha value is -1.76. The van der Waals surface area contributed by atoms with E-state index < -0.39 is 24.9 Å². The third-order valence-electron chi connectivity index (χ3n) is 3.71. The van der Waals surface area contributed by atoms with E-state index in [0.717, 1.165) is 11.3 Å². The number of carbonyl (C=O) groups excluding carboxylic acids is 1. The average Bonchev–Trinajstić information content (AvgIpc) is 2.52. The molecule has 1 saturated heterocycles. The number of methoxy groups -OCH3 is 1. The van der Waals surface area contributed by atoms with Crippen molar-refractivity contribution in [3.8, 4) is 5.75 Å². The monoisotopic (exact) mass is 331 g/mol. The van der Waals surface area contributed by atoms with Crippen LogP contribution < -0.4 is 4.74 Å². The fourth-order valence-corrected chi connectivity index (χ4v) is 2.54. The number of benzene rings is 1. The van der Waals surface area contributed by atoms with Gasteiger partial charge in [0.05, 0.1) is 26.2 Å². The van der Waals surface area contributed by atoms with Crippen LogP contribution in [0.15, 0.2) is 24.3 Å². The van der Waals surface area contributed by atoms with Crippen molar-refractivity contribution in [2.45, 2.75) is 31.5 Å². The maximum atomic E-state index is 12.2. The normalized spacial score (nSPS) is 18.8. The number of rotatable bonds is 5. The van der Waals surface area contributed by atoms with E-state index in [-0.39, 0.29) is 6.10 Å². The summed E-state index contributed by atoms with van der Waals surface area (Å²) >= 11 is 0. The van der Waals surface area contributed by atoms with Gasteiger partial charge in [0.2, 0.25) is 5.91 Å². The van der Waals surface area contributed by atoms with Crippen molar-refractivity contribution in [1.82, 2.24) is 4.90 Å². The first-order chi connectivity index (χ1) is 10.9. The quantitative estimate of drug-likeness (QED) is 0.833. The standard InChI is InChI=1S/C16H20F3NO3/c1-22-13-4-2-3-12(9-13)10-14-11-20(7-8-23-14)15(21)5-6-16(17,18)19/h2-4,9,14H,5-8,10-11H2,1H3/t14-/m1/s1. The minimum Gasteiger partial charge on any atom is -0.497 e. The molecule has 1 fully saturated rings. The number of halogens is 3. The lowest BCUT2D eigenvalue weighted by Crippen LogP contribution is -2.46. The Morgan fingerprint density at radius 3 is 2.91 bits per heavy atom. The zero-order valence-corrected chi connectivity index (χ0v) is 12.9. The van der Waals surface area contributed by atoms with E-state index in [1.54, 1.807) is 7.11 Å². The summed E-state index contributed by atoms with van der Waals surface area (Å²) in [5.74, 6) is 0.262. The molecule has 0 aliphatic carbocycles. The number of carbonyl (C=O) groups is 1. The van der Waals surface area contributed by atoms with Gasteiger partial charge in [-0.2, -0.15) is 13.2 Å². The highest BCUT2D eigenvalue weighted by Gasteiger charge is 2.31. The van der Waals surface area contributed by atoms with E-state index in [4.69, 9.17) is 9.47 Å². The predicted molar refractivity (Wildman–Crippen MR) is 78.3 cm³/mol. The summed E-state index contributed by atoms with van der Waals surface area (Å²) < 4.78 is 47.4. The van der Waals surface area contributed by atoms with Crippen LogP contribution in [0.2, 0.25) is 0 Å². The van der Waals surface area contributed by atoms with Gasteiger partial charge >= 0.3 is 6.18 Å². The molecular formula is C16H20F3NO3. The van der Waals surface area contributed by atoms with E-state index in [0.29, 0.717) is 26.1 Å². The van der Waals surface area contributed by atoms with Crippen molar-refractivity contribution >= 4 is 5.91 Å². The first-order valence-corrected chi connectivity index (χ1v) is 7.46. The van der Waals surface area contributed by atoms with Gasteiger partial charge in [-0.25, -0.2) is 0 Å². The molecule has 7 heteroatoms. The van der Waals surface area contributed by atoms with Crippen LogP contribution in [0.25, 0.3) is 0 Å². The fourth-order valence-electron chi connectivity index (χ4n) is 2.54. The largest absolute Gasteiger partial charge is 0.497 e. The number of amides is 1. The Morgan fingerprint density at radius 2 is 2.22 bits per heavy atom. The molecule has 0 aromatic heterocycles. The molecule has 0 spiro atoms. The summed E-state index contributed by atoms with van der Waals surface area (Å²) in [7, 11) is 1.58. The van der Waals surface area contributed by atoms with E-state index in [1.165, 1.54) is 4.90 Å². The van der Waals surface area contributed by atoms with E-state index in [1.807, 2.05) is 24.3 Å². The first kappa shape index (κ1) is 17.6. The number of nitrogens with zero attached hydrogens (tertiary/aromatic N) is 1. The molecule has 0 unspecified atom stereocenters. The van der Waals surface area contributed by atoms with Crippen LogP contribution in [0, 0.1) is 0 Å². The molecule has 4 nitrogen and oxygen atoms in total. The van der Waals surface area contributed by atoms with Gasteiger partial charge in [-0.05, 0) is 17.7 Å². The van der Waals surface area contributed by atoms with Crippen LogP contribution in [0.4, 0.5) is 13.2 Å². The molecule has 0 N–H and O–H groups in total. The van der Waals surface area contributed by atoms with Crippen LogP contribution in [0.1, 0.15) is 18.4 Å². The molecular weight excluding hydrogens is 311 g/mol. The van der Waals surface area contributed by atoms with Gasteiger partial charge in [-0.15, -0.1) is 0 Å². The van der Waals surface area contributed by atoms with E-state index >= 15 is 0 Å². The number of morpholine rings is 1. The maximum Gasteiger partial charge on any atom is 0.389 e. The molecule has 1 aliphatic rings. The Bertz CT molecular complexity index is 534. The zero-order valence-electron chi connectivity index (χ0n) is 12.9. The van der Waals surface area contributed by atoms with Crippen molar-refractivity contribution in [2.24, 2.45) is 0 Å². The highest BCUT2D eigenvalue weighted by atomic mass is 19.4. The zero-order chi connectivity index (χ0) is 16.9. The van der Waals surface area contributed by atoms with Crippen molar-refractivity contribution in [3.63, 3.8) is 0 Å². The summed E-state index contributed by atoms with van der Waals surface area (Å²) in [6.07, 6.45) is -5.52. The molecule has 1 heterocycles. The molecule has 23 heavy (non-hydrogen) atoms. The summed E-state index contributed by atoms with van der Waals surface area (Å²) in [5, 5.41) is 0. The fraction of sp³-hybridized carbons (Fsp3) is 0.562. The lowest BCUT2D eigenvalue weighted by molar-refractivity contribution is -0.153. The number of hydrogen-bond acceptors (Lipinski definition) is 3. The second-order valence-corrected chi connectivity index (χ2v) is 5.50. The van der Waals surface area contributed by atoms with Gasteiger partial charge in [0, 0.05) is 25.9 Å². The SMILES string of the molecule is COc1cccc(C[C@@H]2CN(C(=O)CCC(F)(F)F)CCO2)c1. The lowest BCUT2D eigenvalue weighted by Gasteiger charge is -2.33. The van der Waals surface area contributed by atoms with Crippen molar-refractivity contribution in [1.29, 1.82) is 0 Å². The number of ether oxygens (including phenoxy) is 2. The second kappa shape index (κ2) is 7.68. The first-order valence-electron chi connectivity index (χ1n) is 7.46. The van der Waals surface area contributed by atoms with E-state index in [2.05, 4.69) is 0 Å². The summed E-state index contributed by atoms with van der Waals surface area (Å²) in [4.78, 5) is 13.4. The van der Waals surface area contributed by atoms with Gasteiger partial charge < -0.3 is 14.4 Å². The van der Waals surface area contributed by atoms with Crippen LogP contribution in [-0.4, -0.2) is 49.9 Å². The molecule has 0 bridgehead atoms. The van der Waals surface area contributed by atoms with Crippen LogP contribution >= 0.6 is 0 Å². The van der Waals surface area contributed by atoms with Gasteiger partial charge in [-0.3, -0.25) is 4.79 Å². The smallest absolute Gasteiger partial charge is 0.389 e. The second-order valence-electron chi connectivity index (χ2n) is 5.50. The molecule has 0 radical (unpaired) electrons. The van der Waals surface area contributed by atoms with Crippen molar-refractivity contribution in [3.05, 3.63) is 29.8 Å². The highest BCUT2D eigenvalue weighted by molar-refractivity contribution is 5.76. The third kappa shape index (κ3) is 5.74. The maximum absolute atomic E-state index is 12.2. The highest BCUT2D eigenvalue weighted by Crippen LogP contribution is 2.23. The van der Waals surface area contributed by atoms with Crippen LogP contribution in [-0.2, 0) is 16.0 Å². The Kier molecular flexibility index (Phi) is 5.87. The topological polar surface area (TPSA) is 38.8 Å². The number of hydrogen-bond donors (Lipinski definition) is 0. The summed E-state index contributed by atoms with van der Waals surface area (Å²) in [6.45, 7) is 0.992. The molecule has 2 rings (SSSR count). The Balaban J connectivity index is 1.88. The lowest BCUT2D eigenvalue weighted by atomic mass is 10.1. The molecule has 1 amide bonds. The Morgan fingerprint density at radius 1 is 1.43 bits per heavy atom. The minimum atomic E-state index is -4.30. The average molecular weight is 331 g/mol. The third-order valence-corrected chi connectivity index (χ3v) is 3.71. The molecule has 1 aliphatic heterocycles. The van der Waals surface area contributed by atoms with Crippen molar-refractivity contribution < 1.29 is 27.4 Å².